The molecule has 3 aromatic rings. The second-order valence-electron chi connectivity index (χ2n) is 5.40. The highest BCUT2D eigenvalue weighted by Crippen LogP contribution is 2.25. The normalized spacial score (nSPS) is 11.7. The molecule has 0 spiro atoms. The van der Waals surface area contributed by atoms with Crippen LogP contribution in [0.15, 0.2) is 67.0 Å². The Balaban J connectivity index is 1.94. The van der Waals surface area contributed by atoms with Crippen LogP contribution >= 0.6 is 0 Å². The third-order valence-corrected chi connectivity index (χ3v) is 3.61. The molecule has 1 N–H and O–H groups in total. The lowest BCUT2D eigenvalue weighted by atomic mass is 10.0. The molecular formula is C18H16N4O2. The lowest BCUT2D eigenvalue weighted by Gasteiger charge is -2.19. The molecule has 0 aliphatic heterocycles. The summed E-state index contributed by atoms with van der Waals surface area (Å²) in [6, 6.07) is 16.7. The van der Waals surface area contributed by atoms with Gasteiger partial charge < -0.3 is 5.32 Å². The first-order chi connectivity index (χ1) is 11.6. The summed E-state index contributed by atoms with van der Waals surface area (Å²) in [5, 5.41) is 14.1. The quantitative estimate of drug-likeness (QED) is 0.569. The van der Waals surface area contributed by atoms with E-state index in [1.807, 2.05) is 43.3 Å². The van der Waals surface area contributed by atoms with Crippen LogP contribution in [-0.2, 0) is 0 Å². The zero-order valence-corrected chi connectivity index (χ0v) is 13.1. The summed E-state index contributed by atoms with van der Waals surface area (Å²) in [5.41, 5.74) is 3.01. The minimum atomic E-state index is -0.465. The van der Waals surface area contributed by atoms with Crippen molar-refractivity contribution in [3.63, 3.8) is 0 Å². The second kappa shape index (κ2) is 6.87. The van der Waals surface area contributed by atoms with Gasteiger partial charge in [0.05, 0.1) is 16.7 Å². The van der Waals surface area contributed by atoms with E-state index in [2.05, 4.69) is 21.4 Å². The van der Waals surface area contributed by atoms with Crippen molar-refractivity contribution in [1.29, 1.82) is 0 Å². The van der Waals surface area contributed by atoms with Crippen LogP contribution in [-0.4, -0.2) is 14.9 Å². The minimum absolute atomic E-state index is 0.0366. The van der Waals surface area contributed by atoms with Crippen molar-refractivity contribution >= 4 is 11.5 Å². The molecule has 6 nitrogen and oxygen atoms in total. The molecule has 24 heavy (non-hydrogen) atoms. The molecule has 2 aromatic heterocycles. The van der Waals surface area contributed by atoms with Gasteiger partial charge in [0.25, 0.3) is 5.69 Å². The Morgan fingerprint density at radius 1 is 1.08 bits per heavy atom. The zero-order valence-electron chi connectivity index (χ0n) is 13.1. The summed E-state index contributed by atoms with van der Waals surface area (Å²) < 4.78 is 0. The molecule has 0 aliphatic carbocycles. The van der Waals surface area contributed by atoms with E-state index in [9.17, 15) is 10.1 Å². The molecule has 1 aromatic carbocycles. The van der Waals surface area contributed by atoms with Crippen LogP contribution in [0.2, 0.25) is 0 Å². The van der Waals surface area contributed by atoms with Gasteiger partial charge in [0, 0.05) is 12.3 Å². The average molecular weight is 320 g/mol. The van der Waals surface area contributed by atoms with Crippen molar-refractivity contribution in [2.24, 2.45) is 0 Å². The summed E-state index contributed by atoms with van der Waals surface area (Å²) in [5.74, 6) is 0.553. The Bertz CT molecular complexity index is 835. The van der Waals surface area contributed by atoms with Gasteiger partial charge in [0.15, 0.2) is 0 Å². The topological polar surface area (TPSA) is 81.0 Å². The van der Waals surface area contributed by atoms with Crippen LogP contribution < -0.4 is 5.32 Å². The average Bonchev–Trinajstić information content (AvgIpc) is 2.61. The van der Waals surface area contributed by atoms with Crippen LogP contribution in [0.25, 0.3) is 0 Å². The number of nitrogens with zero attached hydrogens (tertiary/aromatic N) is 3. The maximum absolute atomic E-state index is 10.8. The Morgan fingerprint density at radius 2 is 1.96 bits per heavy atom. The van der Waals surface area contributed by atoms with Gasteiger partial charge >= 0.3 is 0 Å². The molecule has 3 rings (SSSR count). The van der Waals surface area contributed by atoms with E-state index >= 15 is 0 Å². The summed E-state index contributed by atoms with van der Waals surface area (Å²) in [7, 11) is 0. The first-order valence-corrected chi connectivity index (χ1v) is 7.48. The summed E-state index contributed by atoms with van der Waals surface area (Å²) in [6.07, 6.45) is 2.98. The van der Waals surface area contributed by atoms with Crippen molar-refractivity contribution in [3.8, 4) is 0 Å². The monoisotopic (exact) mass is 320 g/mol. The highest BCUT2D eigenvalue weighted by atomic mass is 16.6. The number of aromatic nitrogens is 2. The highest BCUT2D eigenvalue weighted by Gasteiger charge is 2.16. The minimum Gasteiger partial charge on any atom is -0.358 e. The number of hydrogen-bond donors (Lipinski definition) is 1. The van der Waals surface area contributed by atoms with Gasteiger partial charge in [-0.25, -0.2) is 4.98 Å². The number of pyridine rings is 2. The predicted molar refractivity (Wildman–Crippen MR) is 91.8 cm³/mol. The molecule has 0 fully saturated rings. The van der Waals surface area contributed by atoms with Gasteiger partial charge in [0.1, 0.15) is 12.0 Å². The smallest absolute Gasteiger partial charge is 0.287 e. The molecule has 0 saturated heterocycles. The maximum Gasteiger partial charge on any atom is 0.287 e. The summed E-state index contributed by atoms with van der Waals surface area (Å²) >= 11 is 0. The van der Waals surface area contributed by atoms with Gasteiger partial charge in [-0.2, -0.15) is 0 Å². The van der Waals surface area contributed by atoms with E-state index in [0.717, 1.165) is 16.8 Å². The third-order valence-electron chi connectivity index (χ3n) is 3.61. The first kappa shape index (κ1) is 15.6. The Morgan fingerprint density at radius 3 is 2.58 bits per heavy atom. The van der Waals surface area contributed by atoms with E-state index < -0.39 is 4.92 Å². The Hall–Kier alpha value is -3.28. The van der Waals surface area contributed by atoms with Gasteiger partial charge in [0.2, 0.25) is 0 Å². The van der Waals surface area contributed by atoms with Crippen molar-refractivity contribution in [3.05, 3.63) is 93.9 Å². The highest BCUT2D eigenvalue weighted by molar-refractivity contribution is 5.45. The summed E-state index contributed by atoms with van der Waals surface area (Å²) in [6.45, 7) is 2.03. The number of benzene rings is 1. The molecule has 2 heterocycles. The molecule has 0 saturated carbocycles. The van der Waals surface area contributed by atoms with Gasteiger partial charge in [-0.15, -0.1) is 0 Å². The molecular weight excluding hydrogens is 304 g/mol. The molecule has 0 bridgehead atoms. The molecule has 0 aliphatic rings. The molecule has 120 valence electrons. The predicted octanol–water partition coefficient (Wildman–Crippen LogP) is 3.89. The Kier molecular flexibility index (Phi) is 4.47. The molecule has 0 amide bonds. The van der Waals surface area contributed by atoms with Gasteiger partial charge in [-0.05, 0) is 30.7 Å². The number of hydrogen-bond acceptors (Lipinski definition) is 5. The van der Waals surface area contributed by atoms with Crippen LogP contribution in [0.3, 0.4) is 0 Å². The lowest BCUT2D eigenvalue weighted by Crippen LogP contribution is -2.14. The maximum atomic E-state index is 10.8. The van der Waals surface area contributed by atoms with Crippen molar-refractivity contribution in [1.82, 2.24) is 9.97 Å². The van der Waals surface area contributed by atoms with E-state index in [0.29, 0.717) is 5.82 Å². The van der Waals surface area contributed by atoms with E-state index in [1.54, 1.807) is 12.3 Å². The lowest BCUT2D eigenvalue weighted by molar-refractivity contribution is -0.385. The molecule has 6 heteroatoms. The van der Waals surface area contributed by atoms with Crippen LogP contribution in [0.1, 0.15) is 22.9 Å². The fourth-order valence-corrected chi connectivity index (χ4v) is 2.45. The van der Waals surface area contributed by atoms with E-state index in [-0.39, 0.29) is 11.7 Å². The number of anilines is 1. The zero-order chi connectivity index (χ0) is 16.9. The van der Waals surface area contributed by atoms with Crippen LogP contribution in [0, 0.1) is 17.0 Å². The fraction of sp³-hybridized carbons (Fsp3) is 0.111. The summed E-state index contributed by atoms with van der Waals surface area (Å²) in [4.78, 5) is 18.8. The fourth-order valence-electron chi connectivity index (χ4n) is 2.45. The molecule has 1 unspecified atom stereocenters. The van der Waals surface area contributed by atoms with E-state index in [4.69, 9.17) is 0 Å². The van der Waals surface area contributed by atoms with Crippen LogP contribution in [0.5, 0.6) is 0 Å². The standard InChI is InChI=1S/C18H16N4O2/c1-13-5-4-6-14(11-13)18(16-7-2-3-10-19-16)21-17-9-8-15(12-20-17)22(23)24/h2-12,18H,1H3,(H,20,21). The molecule has 1 atom stereocenters. The van der Waals surface area contributed by atoms with Crippen LogP contribution in [0.4, 0.5) is 11.5 Å². The molecule has 0 radical (unpaired) electrons. The number of aryl methyl sites for hydroxylation is 1. The van der Waals surface area contributed by atoms with Crippen molar-refractivity contribution in [2.45, 2.75) is 13.0 Å². The SMILES string of the molecule is Cc1cccc(C(Nc2ccc([N+](=O)[O-])cn2)c2ccccn2)c1. The second-order valence-corrected chi connectivity index (χ2v) is 5.40. The third kappa shape index (κ3) is 3.55. The largest absolute Gasteiger partial charge is 0.358 e. The van der Waals surface area contributed by atoms with Gasteiger partial charge in [-0.3, -0.25) is 15.1 Å². The van der Waals surface area contributed by atoms with Crippen molar-refractivity contribution in [2.75, 3.05) is 5.32 Å². The first-order valence-electron chi connectivity index (χ1n) is 7.48. The number of rotatable bonds is 5. The van der Waals surface area contributed by atoms with Crippen molar-refractivity contribution < 1.29 is 4.92 Å². The van der Waals surface area contributed by atoms with Gasteiger partial charge in [-0.1, -0.05) is 35.9 Å². The number of nitro groups is 1. The van der Waals surface area contributed by atoms with E-state index in [1.165, 1.54) is 12.3 Å². The Labute approximate surface area is 139 Å². The number of nitrogens with one attached hydrogen (secondary N) is 1.